The topological polar surface area (TPSA) is 60.2 Å². The van der Waals surface area contributed by atoms with Gasteiger partial charge in [0.15, 0.2) is 0 Å². The molecule has 0 saturated carbocycles. The fourth-order valence-electron chi connectivity index (χ4n) is 2.74. The van der Waals surface area contributed by atoms with E-state index in [0.717, 1.165) is 22.2 Å². The van der Waals surface area contributed by atoms with E-state index < -0.39 is 0 Å². The van der Waals surface area contributed by atoms with Crippen LogP contribution in [0, 0.1) is 0 Å². The standard InChI is InChI=1S/C21H25N3O2S/c1-16(2)20-21(27-18-9-4-3-5-10-18)24(14-17-8-6-7-11-22-17)19(23-20)15-26-13-12-25/h3-11,16,25H,12-15H2,1-2H3. The molecule has 6 heteroatoms. The molecule has 0 saturated heterocycles. The molecule has 0 aliphatic carbocycles. The second kappa shape index (κ2) is 9.69. The Hall–Kier alpha value is -2.15. The Morgan fingerprint density at radius 1 is 1.11 bits per heavy atom. The minimum absolute atomic E-state index is 0.00358. The van der Waals surface area contributed by atoms with E-state index in [0.29, 0.717) is 19.8 Å². The SMILES string of the molecule is CC(C)c1nc(COCCO)n(Cc2ccccn2)c1Sc1ccccc1. The summed E-state index contributed by atoms with van der Waals surface area (Å²) >= 11 is 1.72. The highest BCUT2D eigenvalue weighted by Gasteiger charge is 2.21. The fourth-order valence-corrected chi connectivity index (χ4v) is 3.92. The van der Waals surface area contributed by atoms with Crippen molar-refractivity contribution in [2.24, 2.45) is 0 Å². The summed E-state index contributed by atoms with van der Waals surface area (Å²) in [5.74, 6) is 1.15. The number of hydrogen-bond acceptors (Lipinski definition) is 5. The van der Waals surface area contributed by atoms with Crippen molar-refractivity contribution in [1.29, 1.82) is 0 Å². The van der Waals surface area contributed by atoms with Gasteiger partial charge in [-0.05, 0) is 30.2 Å². The number of benzene rings is 1. The van der Waals surface area contributed by atoms with Crippen LogP contribution in [0.5, 0.6) is 0 Å². The van der Waals surface area contributed by atoms with E-state index in [4.69, 9.17) is 14.8 Å². The Kier molecular flexibility index (Phi) is 7.04. The molecule has 2 heterocycles. The maximum atomic E-state index is 9.03. The Bertz CT molecular complexity index is 835. The number of nitrogens with zero attached hydrogens (tertiary/aromatic N) is 3. The van der Waals surface area contributed by atoms with Gasteiger partial charge in [-0.1, -0.05) is 49.9 Å². The maximum Gasteiger partial charge on any atom is 0.136 e. The summed E-state index contributed by atoms with van der Waals surface area (Å²) in [5, 5.41) is 10.1. The van der Waals surface area contributed by atoms with E-state index in [-0.39, 0.29) is 12.5 Å². The third-order valence-electron chi connectivity index (χ3n) is 4.04. The molecule has 1 N–H and O–H groups in total. The van der Waals surface area contributed by atoms with Crippen LogP contribution in [0.2, 0.25) is 0 Å². The molecule has 3 rings (SSSR count). The van der Waals surface area contributed by atoms with Crippen LogP contribution in [0.25, 0.3) is 0 Å². The highest BCUT2D eigenvalue weighted by atomic mass is 32.2. The highest BCUT2D eigenvalue weighted by Crippen LogP contribution is 2.35. The predicted octanol–water partition coefficient (Wildman–Crippen LogP) is 4.11. The summed E-state index contributed by atoms with van der Waals surface area (Å²) in [4.78, 5) is 10.5. The van der Waals surface area contributed by atoms with Gasteiger partial charge in [-0.15, -0.1) is 0 Å². The third-order valence-corrected chi connectivity index (χ3v) is 5.17. The molecule has 0 spiro atoms. The predicted molar refractivity (Wildman–Crippen MR) is 107 cm³/mol. The van der Waals surface area contributed by atoms with E-state index in [2.05, 4.69) is 35.5 Å². The van der Waals surface area contributed by atoms with Gasteiger partial charge < -0.3 is 14.4 Å². The lowest BCUT2D eigenvalue weighted by Gasteiger charge is -2.13. The Morgan fingerprint density at radius 2 is 1.89 bits per heavy atom. The smallest absolute Gasteiger partial charge is 0.136 e. The molecule has 1 aromatic carbocycles. The first-order valence-corrected chi connectivity index (χ1v) is 9.91. The van der Waals surface area contributed by atoms with Crippen LogP contribution >= 0.6 is 11.8 Å². The molecule has 0 aliphatic heterocycles. The summed E-state index contributed by atoms with van der Waals surface area (Å²) in [6.45, 7) is 5.61. The van der Waals surface area contributed by atoms with E-state index in [1.54, 1.807) is 11.8 Å². The maximum absolute atomic E-state index is 9.03. The van der Waals surface area contributed by atoms with Crippen molar-refractivity contribution in [3.8, 4) is 0 Å². The van der Waals surface area contributed by atoms with Crippen molar-refractivity contribution in [2.75, 3.05) is 13.2 Å². The Labute approximate surface area is 164 Å². The Morgan fingerprint density at radius 3 is 2.56 bits per heavy atom. The van der Waals surface area contributed by atoms with Gasteiger partial charge in [0.2, 0.25) is 0 Å². The third kappa shape index (κ3) is 5.19. The molecule has 3 aromatic rings. The molecule has 0 atom stereocenters. The van der Waals surface area contributed by atoms with Crippen LogP contribution in [-0.4, -0.2) is 32.9 Å². The van der Waals surface area contributed by atoms with Crippen molar-refractivity contribution in [1.82, 2.24) is 14.5 Å². The molecule has 0 amide bonds. The minimum atomic E-state index is 0.00358. The molecule has 0 aliphatic rings. The van der Waals surface area contributed by atoms with Gasteiger partial charge in [0, 0.05) is 11.1 Å². The normalized spacial score (nSPS) is 11.3. The molecule has 0 unspecified atom stereocenters. The van der Waals surface area contributed by atoms with Crippen molar-refractivity contribution >= 4 is 11.8 Å². The van der Waals surface area contributed by atoms with Crippen molar-refractivity contribution in [3.05, 3.63) is 71.9 Å². The average molecular weight is 384 g/mol. The average Bonchev–Trinajstić information content (AvgIpc) is 3.01. The van der Waals surface area contributed by atoms with E-state index in [1.165, 1.54) is 4.90 Å². The van der Waals surface area contributed by atoms with Crippen LogP contribution in [-0.2, 0) is 17.9 Å². The van der Waals surface area contributed by atoms with Gasteiger partial charge >= 0.3 is 0 Å². The molecule has 5 nitrogen and oxygen atoms in total. The summed E-state index contributed by atoms with van der Waals surface area (Å²) < 4.78 is 7.77. The second-order valence-electron chi connectivity index (χ2n) is 6.47. The first-order valence-electron chi connectivity index (χ1n) is 9.09. The van der Waals surface area contributed by atoms with E-state index in [1.807, 2.05) is 42.6 Å². The van der Waals surface area contributed by atoms with Gasteiger partial charge in [-0.2, -0.15) is 0 Å². The van der Waals surface area contributed by atoms with Crippen LogP contribution in [0.1, 0.15) is 37.0 Å². The lowest BCUT2D eigenvalue weighted by Crippen LogP contribution is -2.10. The lowest BCUT2D eigenvalue weighted by atomic mass is 10.1. The zero-order valence-corrected chi connectivity index (χ0v) is 16.5. The minimum Gasteiger partial charge on any atom is -0.394 e. The number of aromatic nitrogens is 3. The number of ether oxygens (including phenoxy) is 1. The van der Waals surface area contributed by atoms with Crippen molar-refractivity contribution in [3.63, 3.8) is 0 Å². The van der Waals surface area contributed by atoms with Gasteiger partial charge in [-0.3, -0.25) is 4.98 Å². The summed E-state index contributed by atoms with van der Waals surface area (Å²) in [6.07, 6.45) is 1.81. The number of rotatable bonds is 9. The number of aliphatic hydroxyl groups excluding tert-OH is 1. The molecule has 142 valence electrons. The molecule has 0 fully saturated rings. The van der Waals surface area contributed by atoms with Crippen LogP contribution < -0.4 is 0 Å². The zero-order chi connectivity index (χ0) is 19.1. The number of imidazole rings is 1. The quantitative estimate of drug-likeness (QED) is 0.564. The first-order chi connectivity index (χ1) is 13.2. The Balaban J connectivity index is 2.00. The first kappa shape index (κ1) is 19.6. The molecular formula is C21H25N3O2S. The molecule has 0 bridgehead atoms. The summed E-state index contributed by atoms with van der Waals surface area (Å²) in [5.41, 5.74) is 2.03. The van der Waals surface area contributed by atoms with Gasteiger partial charge in [0.25, 0.3) is 0 Å². The van der Waals surface area contributed by atoms with E-state index in [9.17, 15) is 0 Å². The van der Waals surface area contributed by atoms with Crippen molar-refractivity contribution < 1.29 is 9.84 Å². The lowest BCUT2D eigenvalue weighted by molar-refractivity contribution is 0.0758. The summed E-state index contributed by atoms with van der Waals surface area (Å²) in [7, 11) is 0. The van der Waals surface area contributed by atoms with Crippen LogP contribution in [0.3, 0.4) is 0 Å². The molecular weight excluding hydrogens is 358 g/mol. The van der Waals surface area contributed by atoms with Crippen LogP contribution in [0.4, 0.5) is 0 Å². The second-order valence-corrected chi connectivity index (χ2v) is 7.53. The van der Waals surface area contributed by atoms with Gasteiger partial charge in [0.05, 0.1) is 31.1 Å². The number of aliphatic hydroxyl groups is 1. The molecule has 27 heavy (non-hydrogen) atoms. The molecule has 2 aromatic heterocycles. The van der Waals surface area contributed by atoms with E-state index >= 15 is 0 Å². The number of hydrogen-bond donors (Lipinski definition) is 1. The summed E-state index contributed by atoms with van der Waals surface area (Å²) in [6, 6.07) is 16.3. The molecule has 0 radical (unpaired) electrons. The van der Waals surface area contributed by atoms with Gasteiger partial charge in [-0.25, -0.2) is 4.98 Å². The fraction of sp³-hybridized carbons (Fsp3) is 0.333. The largest absolute Gasteiger partial charge is 0.394 e. The van der Waals surface area contributed by atoms with Gasteiger partial charge in [0.1, 0.15) is 17.5 Å². The highest BCUT2D eigenvalue weighted by molar-refractivity contribution is 7.99. The van der Waals surface area contributed by atoms with Crippen LogP contribution in [0.15, 0.2) is 64.6 Å². The van der Waals surface area contributed by atoms with Crippen molar-refractivity contribution in [2.45, 2.75) is 42.8 Å². The number of pyridine rings is 1. The zero-order valence-electron chi connectivity index (χ0n) is 15.7. The monoisotopic (exact) mass is 383 g/mol.